The van der Waals surface area contributed by atoms with Crippen molar-refractivity contribution < 1.29 is 0 Å². The molecule has 396 valence electrons. The van der Waals surface area contributed by atoms with Gasteiger partial charge in [-0.05, 0) is 155 Å². The van der Waals surface area contributed by atoms with Gasteiger partial charge in [-0.15, -0.1) is 0 Å². The number of aromatic nitrogens is 6. The summed E-state index contributed by atoms with van der Waals surface area (Å²) >= 11 is 0. The van der Waals surface area contributed by atoms with Crippen LogP contribution in [0.2, 0.25) is 0 Å². The molecule has 0 fully saturated rings. The second-order valence-corrected chi connectivity index (χ2v) is 22.1. The van der Waals surface area contributed by atoms with Gasteiger partial charge >= 0.3 is 0 Å². The molecule has 6 nitrogen and oxygen atoms in total. The van der Waals surface area contributed by atoms with Crippen molar-refractivity contribution in [2.75, 3.05) is 0 Å². The lowest BCUT2D eigenvalue weighted by atomic mass is 9.86. The fourth-order valence-corrected chi connectivity index (χ4v) is 11.6. The number of hydrogen-bond donors (Lipinski definition) is 0. The third-order valence-corrected chi connectivity index (χ3v) is 17.2. The highest BCUT2D eigenvalue weighted by molar-refractivity contribution is 5.89. The average Bonchev–Trinajstić information content (AvgIpc) is 4.19. The molecule has 12 aromatic rings. The monoisotopic (exact) mass is 1040 g/mol. The Balaban J connectivity index is 0.843. The van der Waals surface area contributed by atoms with E-state index in [-0.39, 0.29) is 0 Å². The minimum absolute atomic E-state index is 0.456. The summed E-state index contributed by atoms with van der Waals surface area (Å²) in [5.41, 5.74) is 24.4. The summed E-state index contributed by atoms with van der Waals surface area (Å²) in [5.74, 6) is 3.72. The van der Waals surface area contributed by atoms with E-state index in [0.717, 1.165) is 138 Å². The van der Waals surface area contributed by atoms with Crippen LogP contribution in [-0.2, 0) is 0 Å². The summed E-state index contributed by atoms with van der Waals surface area (Å²) in [7, 11) is 0. The van der Waals surface area contributed by atoms with Gasteiger partial charge in [0.25, 0.3) is 0 Å². The second-order valence-electron chi connectivity index (χ2n) is 22.1. The molecule has 0 bridgehead atoms. The lowest BCUT2D eigenvalue weighted by Gasteiger charge is -2.20. The summed E-state index contributed by atoms with van der Waals surface area (Å²) in [6.07, 6.45) is 4.37. The Morgan fingerprint density at radius 1 is 0.287 bits per heavy atom. The van der Waals surface area contributed by atoms with Crippen LogP contribution in [0, 0.1) is 0 Å². The van der Waals surface area contributed by atoms with Gasteiger partial charge in [0.15, 0.2) is 0 Å². The molecule has 9 aromatic carbocycles. The molecule has 12 rings (SSSR count). The van der Waals surface area contributed by atoms with Crippen molar-refractivity contribution in [3.05, 3.63) is 229 Å². The van der Waals surface area contributed by atoms with Crippen molar-refractivity contribution in [1.29, 1.82) is 0 Å². The van der Waals surface area contributed by atoms with Gasteiger partial charge in [0.1, 0.15) is 11.6 Å². The van der Waals surface area contributed by atoms with Crippen LogP contribution >= 0.6 is 0 Å². The van der Waals surface area contributed by atoms with Crippen LogP contribution < -0.4 is 0 Å². The van der Waals surface area contributed by atoms with E-state index in [1.54, 1.807) is 0 Å². The molecule has 0 aliphatic rings. The Kier molecular flexibility index (Phi) is 14.4. The molecule has 0 radical (unpaired) electrons. The summed E-state index contributed by atoms with van der Waals surface area (Å²) in [5, 5.41) is 0. The van der Waals surface area contributed by atoms with Crippen molar-refractivity contribution in [2.24, 2.45) is 0 Å². The summed E-state index contributed by atoms with van der Waals surface area (Å²) < 4.78 is 4.68. The Morgan fingerprint density at radius 3 is 0.875 bits per heavy atom. The Hall–Kier alpha value is -8.74. The van der Waals surface area contributed by atoms with Gasteiger partial charge in [0, 0.05) is 33.6 Å². The molecule has 6 heteroatoms. The van der Waals surface area contributed by atoms with E-state index in [2.05, 4.69) is 247 Å². The number of rotatable bonds is 16. The van der Waals surface area contributed by atoms with Gasteiger partial charge < -0.3 is 0 Å². The second kappa shape index (κ2) is 22.2. The van der Waals surface area contributed by atoms with Crippen LogP contribution in [0.5, 0.6) is 0 Å². The fourth-order valence-electron chi connectivity index (χ4n) is 11.6. The smallest absolute Gasteiger partial charge is 0.145 e. The van der Waals surface area contributed by atoms with Crippen molar-refractivity contribution in [3.63, 3.8) is 0 Å². The Labute approximate surface area is 471 Å². The highest BCUT2D eigenvalue weighted by Crippen LogP contribution is 2.41. The zero-order valence-electron chi connectivity index (χ0n) is 47.5. The third-order valence-electron chi connectivity index (χ3n) is 17.2. The minimum Gasteiger partial charge on any atom is -0.292 e. The Morgan fingerprint density at radius 2 is 0.562 bits per heavy atom. The molecule has 0 amide bonds. The summed E-state index contributed by atoms with van der Waals surface area (Å²) in [6.45, 7) is 18.5. The number of para-hydroxylation sites is 4. The molecule has 3 aromatic heterocycles. The molecule has 0 spiro atoms. The molecule has 80 heavy (non-hydrogen) atoms. The molecule has 4 atom stereocenters. The normalized spacial score (nSPS) is 13.2. The number of hydrogen-bond acceptors (Lipinski definition) is 4. The van der Waals surface area contributed by atoms with Gasteiger partial charge in [-0.25, -0.2) is 19.9 Å². The standard InChI is InChI=1S/C74H70N6/c1-9-47(5)61-43-67-69(45-63(61)49(7)11-3)79(59-21-15-13-16-22-59)73(77-67)57-39-31-53(32-40-57)51-27-35-55(36-28-51)71-72(76-66-26-20-19-25-65(66)75-71)56-37-29-52(30-38-56)54-33-41-58(42-34-54)74-78-68-44-62(48(6)10-2)64(50(8)12-4)46-70(68)80(74)60-23-17-14-18-24-60/h13-50H,9-12H2,1-8H3. The van der Waals surface area contributed by atoms with Gasteiger partial charge in [-0.3, -0.25) is 9.13 Å². The molecule has 0 aliphatic heterocycles. The van der Waals surface area contributed by atoms with Crippen LogP contribution in [-0.4, -0.2) is 29.1 Å². The van der Waals surface area contributed by atoms with Gasteiger partial charge in [0.05, 0.1) is 44.5 Å². The number of nitrogens with zero attached hydrogens (tertiary/aromatic N) is 6. The third kappa shape index (κ3) is 9.71. The van der Waals surface area contributed by atoms with E-state index in [1.165, 1.54) is 22.3 Å². The van der Waals surface area contributed by atoms with E-state index in [4.69, 9.17) is 19.9 Å². The number of benzene rings is 9. The summed E-state index contributed by atoms with van der Waals surface area (Å²) in [4.78, 5) is 21.3. The average molecular weight is 1040 g/mol. The molecule has 0 saturated carbocycles. The van der Waals surface area contributed by atoms with Crippen molar-refractivity contribution >= 4 is 33.1 Å². The molecular formula is C74H70N6. The largest absolute Gasteiger partial charge is 0.292 e. The predicted octanol–water partition coefficient (Wildman–Crippen LogP) is 20.4. The first-order valence-electron chi connectivity index (χ1n) is 29.0. The van der Waals surface area contributed by atoms with Gasteiger partial charge in [-0.1, -0.05) is 201 Å². The van der Waals surface area contributed by atoms with Crippen LogP contribution in [0.4, 0.5) is 0 Å². The highest BCUT2D eigenvalue weighted by Gasteiger charge is 2.24. The highest BCUT2D eigenvalue weighted by atomic mass is 15.1. The zero-order chi connectivity index (χ0) is 55.0. The maximum atomic E-state index is 5.38. The van der Waals surface area contributed by atoms with E-state index in [0.29, 0.717) is 23.7 Å². The first kappa shape index (κ1) is 52.0. The Bertz CT molecular complexity index is 3860. The van der Waals surface area contributed by atoms with E-state index in [1.807, 2.05) is 24.3 Å². The zero-order valence-corrected chi connectivity index (χ0v) is 47.5. The molecular weight excluding hydrogens is 973 g/mol. The number of fused-ring (bicyclic) bond motifs is 3. The van der Waals surface area contributed by atoms with Crippen molar-refractivity contribution in [1.82, 2.24) is 29.1 Å². The van der Waals surface area contributed by atoms with Crippen LogP contribution in [0.3, 0.4) is 0 Å². The van der Waals surface area contributed by atoms with E-state index in [9.17, 15) is 0 Å². The van der Waals surface area contributed by atoms with Crippen molar-refractivity contribution in [3.8, 4) is 78.9 Å². The quantitative estimate of drug-likeness (QED) is 0.0967. The molecule has 4 unspecified atom stereocenters. The molecule has 0 aliphatic carbocycles. The minimum atomic E-state index is 0.456. The fraction of sp³-hybridized carbons (Fsp3) is 0.216. The van der Waals surface area contributed by atoms with E-state index >= 15 is 0 Å². The molecule has 0 N–H and O–H groups in total. The maximum absolute atomic E-state index is 5.38. The lowest BCUT2D eigenvalue weighted by Crippen LogP contribution is -2.03. The first-order chi connectivity index (χ1) is 39.1. The van der Waals surface area contributed by atoms with Crippen LogP contribution in [0.1, 0.15) is 127 Å². The van der Waals surface area contributed by atoms with Crippen molar-refractivity contribution in [2.45, 2.75) is 105 Å². The summed E-state index contributed by atoms with van der Waals surface area (Å²) in [6, 6.07) is 74.3. The van der Waals surface area contributed by atoms with Gasteiger partial charge in [-0.2, -0.15) is 0 Å². The first-order valence-corrected chi connectivity index (χ1v) is 29.0. The topological polar surface area (TPSA) is 61.4 Å². The number of imidazole rings is 2. The van der Waals surface area contributed by atoms with Crippen LogP contribution in [0.15, 0.2) is 206 Å². The SMILES string of the molecule is CCC(C)c1cc2nc(-c3ccc(-c4ccc(-c5nc6ccccc6nc5-c5ccc(-c6ccc(-c7nc8cc(C(C)CC)c(C(C)CC)cc8n7-c7ccccc7)cc6)cc5)cc4)cc3)n(-c3ccccc3)c2cc1C(C)CC. The molecule has 0 saturated heterocycles. The van der Waals surface area contributed by atoms with Gasteiger partial charge in [0.2, 0.25) is 0 Å². The molecule has 3 heterocycles. The predicted molar refractivity (Wildman–Crippen MR) is 336 cm³/mol. The van der Waals surface area contributed by atoms with E-state index < -0.39 is 0 Å². The maximum Gasteiger partial charge on any atom is 0.145 e. The van der Waals surface area contributed by atoms with Crippen LogP contribution in [0.25, 0.3) is 112 Å². The lowest BCUT2D eigenvalue weighted by molar-refractivity contribution is 0.678.